The fraction of sp³-hybridized carbons (Fsp3) is 0.417. The van der Waals surface area contributed by atoms with Crippen LogP contribution >= 0.6 is 0 Å². The molecule has 0 spiro atoms. The molecule has 0 amide bonds. The molecule has 1 aromatic carbocycles. The molecule has 0 fully saturated rings. The lowest BCUT2D eigenvalue weighted by atomic mass is 9.88. The van der Waals surface area contributed by atoms with Crippen molar-refractivity contribution in [3.05, 3.63) is 35.4 Å². The Labute approximate surface area is 93.5 Å². The smallest absolute Gasteiger partial charge is 0.182 e. The number of rotatable bonds is 4. The summed E-state index contributed by atoms with van der Waals surface area (Å²) >= 11 is 0. The Morgan fingerprint density at radius 2 is 1.81 bits per heavy atom. The zero-order valence-corrected chi connectivity index (χ0v) is 9.39. The number of Topliss-reactive ketones (excluding diaryl/α,β-unsaturated/α-hetero) is 1. The van der Waals surface area contributed by atoms with Crippen LogP contribution in [0.4, 0.5) is 8.78 Å². The van der Waals surface area contributed by atoms with Gasteiger partial charge in [-0.15, -0.1) is 0 Å². The van der Waals surface area contributed by atoms with Gasteiger partial charge in [0.2, 0.25) is 0 Å². The molecule has 16 heavy (non-hydrogen) atoms. The van der Waals surface area contributed by atoms with Gasteiger partial charge in [0.05, 0.1) is 5.54 Å². The molecule has 0 saturated carbocycles. The Kier molecular flexibility index (Phi) is 3.75. The van der Waals surface area contributed by atoms with Gasteiger partial charge in [0.1, 0.15) is 11.6 Å². The molecular formula is C12H15F2NO. The lowest BCUT2D eigenvalue weighted by Gasteiger charge is -2.22. The standard InChI is InChI=1S/C12H15F2NO/c1-3-4-12(2,15)11(16)8-5-9(13)7-10(14)6-8/h5-7H,3-4,15H2,1-2H3. The molecule has 0 bridgehead atoms. The highest BCUT2D eigenvalue weighted by Crippen LogP contribution is 2.18. The Morgan fingerprint density at radius 3 is 2.25 bits per heavy atom. The van der Waals surface area contributed by atoms with Gasteiger partial charge in [-0.1, -0.05) is 13.3 Å². The number of carbonyl (C=O) groups is 1. The quantitative estimate of drug-likeness (QED) is 0.803. The van der Waals surface area contributed by atoms with Crippen LogP contribution in [-0.4, -0.2) is 11.3 Å². The normalized spacial score (nSPS) is 14.6. The third-order valence-electron chi connectivity index (χ3n) is 2.41. The second-order valence-corrected chi connectivity index (χ2v) is 4.15. The van der Waals surface area contributed by atoms with Crippen molar-refractivity contribution < 1.29 is 13.6 Å². The first-order chi connectivity index (χ1) is 7.36. The lowest BCUT2D eigenvalue weighted by Crippen LogP contribution is -2.44. The molecule has 4 heteroatoms. The van der Waals surface area contributed by atoms with Crippen molar-refractivity contribution in [3.63, 3.8) is 0 Å². The molecule has 88 valence electrons. The van der Waals surface area contributed by atoms with Crippen LogP contribution in [0.15, 0.2) is 18.2 Å². The number of halogens is 2. The van der Waals surface area contributed by atoms with Gasteiger partial charge < -0.3 is 5.73 Å². The average Bonchev–Trinajstić information content (AvgIpc) is 2.14. The Hall–Kier alpha value is -1.29. The minimum Gasteiger partial charge on any atom is -0.319 e. The van der Waals surface area contributed by atoms with Gasteiger partial charge >= 0.3 is 0 Å². The largest absolute Gasteiger partial charge is 0.319 e. The molecule has 0 aromatic heterocycles. The number of nitrogens with two attached hydrogens (primary N) is 1. The van der Waals surface area contributed by atoms with E-state index < -0.39 is 23.0 Å². The summed E-state index contributed by atoms with van der Waals surface area (Å²) in [4.78, 5) is 11.9. The monoisotopic (exact) mass is 227 g/mol. The van der Waals surface area contributed by atoms with Crippen molar-refractivity contribution >= 4 is 5.78 Å². The van der Waals surface area contributed by atoms with E-state index in [9.17, 15) is 13.6 Å². The van der Waals surface area contributed by atoms with Crippen molar-refractivity contribution in [3.8, 4) is 0 Å². The maximum atomic E-state index is 12.9. The van der Waals surface area contributed by atoms with Crippen molar-refractivity contribution in [2.24, 2.45) is 5.73 Å². The molecule has 1 rings (SSSR count). The highest BCUT2D eigenvalue weighted by Gasteiger charge is 2.28. The predicted octanol–water partition coefficient (Wildman–Crippen LogP) is 2.67. The lowest BCUT2D eigenvalue weighted by molar-refractivity contribution is 0.0892. The molecule has 0 aliphatic heterocycles. The van der Waals surface area contributed by atoms with Crippen LogP contribution in [0, 0.1) is 11.6 Å². The van der Waals surface area contributed by atoms with Crippen LogP contribution in [0.5, 0.6) is 0 Å². The molecule has 0 saturated heterocycles. The van der Waals surface area contributed by atoms with Crippen LogP contribution < -0.4 is 5.73 Å². The molecule has 1 aromatic rings. The number of ketones is 1. The Balaban J connectivity index is 3.04. The molecule has 1 atom stereocenters. The molecule has 0 radical (unpaired) electrons. The zero-order valence-electron chi connectivity index (χ0n) is 9.39. The number of carbonyl (C=O) groups excluding carboxylic acids is 1. The second kappa shape index (κ2) is 4.70. The van der Waals surface area contributed by atoms with Crippen molar-refractivity contribution in [2.75, 3.05) is 0 Å². The van der Waals surface area contributed by atoms with E-state index in [4.69, 9.17) is 5.73 Å². The predicted molar refractivity (Wildman–Crippen MR) is 58.2 cm³/mol. The Bertz CT molecular complexity index is 382. The zero-order chi connectivity index (χ0) is 12.3. The summed E-state index contributed by atoms with van der Waals surface area (Å²) < 4.78 is 25.9. The first-order valence-electron chi connectivity index (χ1n) is 5.16. The molecular weight excluding hydrogens is 212 g/mol. The van der Waals surface area contributed by atoms with E-state index in [0.29, 0.717) is 6.42 Å². The summed E-state index contributed by atoms with van der Waals surface area (Å²) in [6.45, 7) is 3.46. The number of benzene rings is 1. The topological polar surface area (TPSA) is 43.1 Å². The fourth-order valence-electron chi connectivity index (χ4n) is 1.65. The summed E-state index contributed by atoms with van der Waals surface area (Å²) in [5, 5.41) is 0. The molecule has 2 nitrogen and oxygen atoms in total. The Morgan fingerprint density at radius 1 is 1.31 bits per heavy atom. The minimum absolute atomic E-state index is 0.0176. The minimum atomic E-state index is -1.07. The number of hydrogen-bond donors (Lipinski definition) is 1. The fourth-order valence-corrected chi connectivity index (χ4v) is 1.65. The molecule has 0 heterocycles. The third-order valence-corrected chi connectivity index (χ3v) is 2.41. The van der Waals surface area contributed by atoms with Crippen LogP contribution in [-0.2, 0) is 0 Å². The molecule has 1 unspecified atom stereocenters. The highest BCUT2D eigenvalue weighted by atomic mass is 19.1. The van der Waals surface area contributed by atoms with Crippen molar-refractivity contribution in [2.45, 2.75) is 32.2 Å². The van der Waals surface area contributed by atoms with Crippen LogP contribution in [0.25, 0.3) is 0 Å². The van der Waals surface area contributed by atoms with E-state index in [2.05, 4.69) is 0 Å². The molecule has 2 N–H and O–H groups in total. The summed E-state index contributed by atoms with van der Waals surface area (Å²) in [6, 6.07) is 2.74. The SMILES string of the molecule is CCCC(C)(N)C(=O)c1cc(F)cc(F)c1. The van der Waals surface area contributed by atoms with Gasteiger partial charge in [-0.25, -0.2) is 8.78 Å². The highest BCUT2D eigenvalue weighted by molar-refractivity contribution is 6.02. The van der Waals surface area contributed by atoms with Gasteiger partial charge in [-0.2, -0.15) is 0 Å². The summed E-state index contributed by atoms with van der Waals surface area (Å²) in [7, 11) is 0. The summed E-state index contributed by atoms with van der Waals surface area (Å²) in [5.74, 6) is -1.97. The number of hydrogen-bond acceptors (Lipinski definition) is 2. The van der Waals surface area contributed by atoms with Gasteiger partial charge in [0.25, 0.3) is 0 Å². The van der Waals surface area contributed by atoms with Crippen LogP contribution in [0.1, 0.15) is 37.0 Å². The first-order valence-corrected chi connectivity index (χ1v) is 5.16. The van der Waals surface area contributed by atoms with Gasteiger partial charge in [-0.3, -0.25) is 4.79 Å². The third kappa shape index (κ3) is 2.85. The molecule has 0 aliphatic carbocycles. The van der Waals surface area contributed by atoms with E-state index in [1.165, 1.54) is 0 Å². The van der Waals surface area contributed by atoms with Crippen molar-refractivity contribution in [1.29, 1.82) is 0 Å². The van der Waals surface area contributed by atoms with E-state index in [1.807, 2.05) is 6.92 Å². The van der Waals surface area contributed by atoms with Crippen molar-refractivity contribution in [1.82, 2.24) is 0 Å². The van der Waals surface area contributed by atoms with E-state index >= 15 is 0 Å². The van der Waals surface area contributed by atoms with Crippen LogP contribution in [0.3, 0.4) is 0 Å². The first kappa shape index (κ1) is 12.8. The maximum Gasteiger partial charge on any atom is 0.182 e. The van der Waals surface area contributed by atoms with Gasteiger partial charge in [0, 0.05) is 11.6 Å². The van der Waals surface area contributed by atoms with Gasteiger partial charge in [-0.05, 0) is 25.5 Å². The van der Waals surface area contributed by atoms with Gasteiger partial charge in [0.15, 0.2) is 5.78 Å². The van der Waals surface area contributed by atoms with E-state index in [-0.39, 0.29) is 5.56 Å². The second-order valence-electron chi connectivity index (χ2n) is 4.15. The van der Waals surface area contributed by atoms with E-state index in [0.717, 1.165) is 24.6 Å². The maximum absolute atomic E-state index is 12.9. The molecule has 0 aliphatic rings. The van der Waals surface area contributed by atoms with Crippen LogP contribution in [0.2, 0.25) is 0 Å². The summed E-state index contributed by atoms with van der Waals surface area (Å²) in [5.41, 5.74) is 4.72. The van der Waals surface area contributed by atoms with E-state index in [1.54, 1.807) is 6.92 Å². The summed E-state index contributed by atoms with van der Waals surface area (Å²) in [6.07, 6.45) is 1.21. The average molecular weight is 227 g/mol.